The topological polar surface area (TPSA) is 132 Å². The van der Waals surface area contributed by atoms with Crippen molar-refractivity contribution < 1.29 is 14.5 Å². The van der Waals surface area contributed by atoms with Gasteiger partial charge in [0.05, 0.1) is 32.3 Å². The van der Waals surface area contributed by atoms with Crippen molar-refractivity contribution in [1.29, 1.82) is 5.26 Å². The lowest BCUT2D eigenvalue weighted by Crippen LogP contribution is -2.38. The van der Waals surface area contributed by atoms with Gasteiger partial charge < -0.3 is 4.90 Å². The molecule has 0 aromatic heterocycles. The highest BCUT2D eigenvalue weighted by molar-refractivity contribution is 6.33. The summed E-state index contributed by atoms with van der Waals surface area (Å²) in [7, 11) is 0. The molecule has 0 radical (unpaired) electrons. The van der Waals surface area contributed by atoms with Crippen molar-refractivity contribution in [3.05, 3.63) is 92.0 Å². The second-order valence-electron chi connectivity index (χ2n) is 8.25. The number of hydrogen-bond donors (Lipinski definition) is 0. The normalized spacial score (nSPS) is 12.6. The number of hydrogen-bond acceptors (Lipinski definition) is 8. The van der Waals surface area contributed by atoms with Crippen molar-refractivity contribution in [3.8, 4) is 6.07 Å². The molecule has 2 amide bonds. The van der Waals surface area contributed by atoms with Gasteiger partial charge >= 0.3 is 0 Å². The Bertz CT molecular complexity index is 1460. The Labute approximate surface area is 217 Å². The summed E-state index contributed by atoms with van der Waals surface area (Å²) in [6, 6.07) is 16.4. The van der Waals surface area contributed by atoms with Crippen LogP contribution in [0.5, 0.6) is 0 Å². The summed E-state index contributed by atoms with van der Waals surface area (Å²) in [6.07, 6.45) is 0. The maximum Gasteiger partial charge on any atom is 0.272 e. The molecule has 0 aliphatic carbocycles. The fourth-order valence-electron chi connectivity index (χ4n) is 4.06. The molecule has 0 fully saturated rings. The van der Waals surface area contributed by atoms with E-state index in [2.05, 4.69) is 10.2 Å². The number of anilines is 1. The van der Waals surface area contributed by atoms with Gasteiger partial charge in [0.1, 0.15) is 11.8 Å². The fraction of sp³-hybridized carbons (Fsp3) is 0.192. The molecule has 0 atom stereocenters. The molecule has 0 unspecified atom stereocenters. The third-order valence-corrected chi connectivity index (χ3v) is 6.32. The zero-order chi connectivity index (χ0) is 26.7. The third-order valence-electron chi connectivity index (χ3n) is 6.04. The molecule has 1 heterocycles. The molecule has 0 saturated carbocycles. The first-order valence-electron chi connectivity index (χ1n) is 11.4. The van der Waals surface area contributed by atoms with Gasteiger partial charge in [-0.25, -0.2) is 0 Å². The van der Waals surface area contributed by atoms with E-state index in [1.165, 1.54) is 4.90 Å². The highest BCUT2D eigenvalue weighted by atomic mass is 35.5. The largest absolute Gasteiger partial charge is 0.370 e. The Morgan fingerprint density at radius 3 is 2.32 bits per heavy atom. The lowest BCUT2D eigenvalue weighted by Gasteiger charge is -2.26. The van der Waals surface area contributed by atoms with Crippen molar-refractivity contribution >= 4 is 46.2 Å². The first-order valence-corrected chi connectivity index (χ1v) is 11.7. The highest BCUT2D eigenvalue weighted by Crippen LogP contribution is 2.35. The van der Waals surface area contributed by atoms with Crippen molar-refractivity contribution in [3.63, 3.8) is 0 Å². The van der Waals surface area contributed by atoms with Crippen molar-refractivity contribution in [2.45, 2.75) is 13.8 Å². The first kappa shape index (κ1) is 25.5. The number of azo groups is 1. The Hall–Kier alpha value is -4.62. The third kappa shape index (κ3) is 5.03. The number of nitro benzene ring substituents is 1. The van der Waals surface area contributed by atoms with Gasteiger partial charge in [0.2, 0.25) is 0 Å². The lowest BCUT2D eigenvalue weighted by molar-refractivity contribution is -0.384. The molecule has 0 bridgehead atoms. The number of amides is 2. The minimum atomic E-state index is -0.635. The molecule has 3 aromatic carbocycles. The Morgan fingerprint density at radius 1 is 1.08 bits per heavy atom. The van der Waals surface area contributed by atoms with Gasteiger partial charge in [-0.15, -0.1) is 5.11 Å². The van der Waals surface area contributed by atoms with Gasteiger partial charge in [-0.2, -0.15) is 10.4 Å². The van der Waals surface area contributed by atoms with E-state index in [1.54, 1.807) is 30.3 Å². The highest BCUT2D eigenvalue weighted by Gasteiger charge is 2.34. The van der Waals surface area contributed by atoms with Gasteiger partial charge in [-0.3, -0.25) is 24.6 Å². The molecule has 37 heavy (non-hydrogen) atoms. The maximum atomic E-state index is 12.7. The number of nitro groups is 1. The number of benzene rings is 3. The summed E-state index contributed by atoms with van der Waals surface area (Å²) in [5.41, 5.74) is 2.73. The number of rotatable bonds is 8. The molecule has 0 N–H and O–H groups in total. The van der Waals surface area contributed by atoms with E-state index in [0.717, 1.165) is 23.4 Å². The van der Waals surface area contributed by atoms with Crippen LogP contribution < -0.4 is 4.90 Å². The van der Waals surface area contributed by atoms with Crippen LogP contribution in [0.4, 0.5) is 22.7 Å². The standard InChI is InChI=1S/C26H21ClN6O4/c1-3-31(10-11-32-25(34)20-6-4-5-7-21(20)26(32)35)18-8-9-23(16(2)12-18)29-30-24-17(15-28)13-19(33(36)37)14-22(24)27/h4-9,12-14H,3,10-11H2,1-2H3. The molecular weight excluding hydrogens is 496 g/mol. The average Bonchev–Trinajstić information content (AvgIpc) is 3.13. The van der Waals surface area contributed by atoms with E-state index in [4.69, 9.17) is 11.6 Å². The first-order chi connectivity index (χ1) is 17.7. The number of carbonyl (C=O) groups is 2. The number of fused-ring (bicyclic) bond motifs is 1. The number of nitriles is 1. The van der Waals surface area contributed by atoms with Crippen LogP contribution in [-0.2, 0) is 0 Å². The van der Waals surface area contributed by atoms with E-state index in [9.17, 15) is 25.0 Å². The number of nitrogens with zero attached hydrogens (tertiary/aromatic N) is 6. The summed E-state index contributed by atoms with van der Waals surface area (Å²) in [5.74, 6) is -0.574. The van der Waals surface area contributed by atoms with E-state index in [0.29, 0.717) is 29.9 Å². The predicted octanol–water partition coefficient (Wildman–Crippen LogP) is 5.97. The average molecular weight is 517 g/mol. The molecule has 1 aliphatic rings. The molecule has 4 rings (SSSR count). The molecule has 1 aliphatic heterocycles. The minimum Gasteiger partial charge on any atom is -0.370 e. The zero-order valence-corrected chi connectivity index (χ0v) is 20.8. The Balaban J connectivity index is 1.50. The molecule has 3 aromatic rings. The van der Waals surface area contributed by atoms with Gasteiger partial charge in [0.15, 0.2) is 0 Å². The summed E-state index contributed by atoms with van der Waals surface area (Å²) in [6.45, 7) is 5.17. The summed E-state index contributed by atoms with van der Waals surface area (Å²) in [4.78, 5) is 39.0. The lowest BCUT2D eigenvalue weighted by atomic mass is 10.1. The number of aryl methyl sites for hydroxylation is 1. The zero-order valence-electron chi connectivity index (χ0n) is 20.0. The predicted molar refractivity (Wildman–Crippen MR) is 138 cm³/mol. The second-order valence-corrected chi connectivity index (χ2v) is 8.66. The van der Waals surface area contributed by atoms with Crippen molar-refractivity contribution in [2.75, 3.05) is 24.5 Å². The molecule has 0 spiro atoms. The summed E-state index contributed by atoms with van der Waals surface area (Å²) < 4.78 is 0. The van der Waals surface area contributed by atoms with Gasteiger partial charge in [-0.05, 0) is 49.7 Å². The van der Waals surface area contributed by atoms with E-state index in [-0.39, 0.29) is 40.3 Å². The number of imide groups is 1. The van der Waals surface area contributed by atoms with Crippen LogP contribution >= 0.6 is 11.6 Å². The van der Waals surface area contributed by atoms with Crippen LogP contribution in [0.15, 0.2) is 64.8 Å². The van der Waals surface area contributed by atoms with Crippen molar-refractivity contribution in [1.82, 2.24) is 4.90 Å². The van der Waals surface area contributed by atoms with Crippen LogP contribution in [0.3, 0.4) is 0 Å². The van der Waals surface area contributed by atoms with E-state index < -0.39 is 4.92 Å². The SMILES string of the molecule is CCN(CCN1C(=O)c2ccccc2C1=O)c1ccc(N=Nc2c(Cl)cc([N+](=O)[O-])cc2C#N)c(C)c1. The Kier molecular flexibility index (Phi) is 7.27. The number of carbonyl (C=O) groups excluding carboxylic acids is 2. The van der Waals surface area contributed by atoms with E-state index in [1.807, 2.05) is 36.9 Å². The van der Waals surface area contributed by atoms with Crippen LogP contribution in [0.1, 0.15) is 38.8 Å². The quantitative estimate of drug-likeness (QED) is 0.157. The van der Waals surface area contributed by atoms with Crippen LogP contribution in [-0.4, -0.2) is 41.3 Å². The van der Waals surface area contributed by atoms with Crippen LogP contribution in [0.25, 0.3) is 0 Å². The summed E-state index contributed by atoms with van der Waals surface area (Å²) >= 11 is 6.12. The smallest absolute Gasteiger partial charge is 0.272 e. The number of halogens is 1. The van der Waals surface area contributed by atoms with Crippen molar-refractivity contribution in [2.24, 2.45) is 10.2 Å². The van der Waals surface area contributed by atoms with Crippen LogP contribution in [0.2, 0.25) is 5.02 Å². The maximum absolute atomic E-state index is 12.7. The number of likely N-dealkylation sites (N-methyl/N-ethyl adjacent to an activating group) is 1. The minimum absolute atomic E-state index is 0.0471. The fourth-order valence-corrected chi connectivity index (χ4v) is 4.31. The Morgan fingerprint density at radius 2 is 1.76 bits per heavy atom. The molecule has 0 saturated heterocycles. The molecule has 186 valence electrons. The van der Waals surface area contributed by atoms with Gasteiger partial charge in [-0.1, -0.05) is 23.7 Å². The summed E-state index contributed by atoms with van der Waals surface area (Å²) in [5, 5.41) is 28.6. The monoisotopic (exact) mass is 516 g/mol. The molecule has 11 heteroatoms. The molecule has 10 nitrogen and oxygen atoms in total. The molecular formula is C26H21ClN6O4. The van der Waals surface area contributed by atoms with Gasteiger partial charge in [0, 0.05) is 37.5 Å². The second kappa shape index (κ2) is 10.6. The van der Waals surface area contributed by atoms with E-state index >= 15 is 0 Å². The number of non-ortho nitro benzene ring substituents is 1. The van der Waals surface area contributed by atoms with Crippen LogP contribution in [0, 0.1) is 28.4 Å². The van der Waals surface area contributed by atoms with Gasteiger partial charge in [0.25, 0.3) is 17.5 Å².